The van der Waals surface area contributed by atoms with Gasteiger partial charge in [-0.25, -0.2) is 0 Å². The van der Waals surface area contributed by atoms with Gasteiger partial charge >= 0.3 is 35.5 Å². The van der Waals surface area contributed by atoms with Crippen LogP contribution in [-0.2, 0) is 4.79 Å². The molecular formula is C20H31NaO2. The van der Waals surface area contributed by atoms with E-state index in [4.69, 9.17) is 0 Å². The van der Waals surface area contributed by atoms with Gasteiger partial charge in [0.05, 0.1) is 5.41 Å². The Morgan fingerprint density at radius 2 is 2.00 bits per heavy atom. The molecule has 0 saturated heterocycles. The number of rotatable bonds is 2. The van der Waals surface area contributed by atoms with E-state index in [1.165, 1.54) is 24.8 Å². The van der Waals surface area contributed by atoms with E-state index in [2.05, 4.69) is 32.9 Å². The van der Waals surface area contributed by atoms with Crippen LogP contribution in [0.2, 0.25) is 0 Å². The van der Waals surface area contributed by atoms with Gasteiger partial charge in [0.15, 0.2) is 0 Å². The van der Waals surface area contributed by atoms with Crippen molar-refractivity contribution >= 4 is 35.5 Å². The molecule has 0 heterocycles. The molecule has 0 aromatic carbocycles. The second-order valence-corrected chi connectivity index (χ2v) is 8.54. The third-order valence-corrected chi connectivity index (χ3v) is 7.07. The summed E-state index contributed by atoms with van der Waals surface area (Å²) in [6.07, 6.45) is 11.2. The van der Waals surface area contributed by atoms with E-state index in [1.807, 2.05) is 6.92 Å². The predicted molar refractivity (Wildman–Crippen MR) is 96.7 cm³/mol. The van der Waals surface area contributed by atoms with E-state index in [9.17, 15) is 9.90 Å². The van der Waals surface area contributed by atoms with Crippen molar-refractivity contribution in [3.8, 4) is 0 Å². The standard InChI is InChI=1S/C20H30O2.Na.H/c1-13(2)14-6-8-16-15(12-14)7-9-17-19(16,3)10-5-11-20(17,4)18(21)22;;/h7,12-13,16-17H,5-6,8-11H2,1-4H3,(H,21,22);;/t16-,17+,19+,20+;;/m0../s1. The monoisotopic (exact) mass is 326 g/mol. The van der Waals surface area contributed by atoms with Crippen LogP contribution in [-0.4, -0.2) is 40.6 Å². The molecule has 0 unspecified atom stereocenters. The van der Waals surface area contributed by atoms with E-state index in [0.29, 0.717) is 11.8 Å². The van der Waals surface area contributed by atoms with Gasteiger partial charge in [0.25, 0.3) is 0 Å². The van der Waals surface area contributed by atoms with Crippen molar-refractivity contribution in [2.45, 2.75) is 66.2 Å². The summed E-state index contributed by atoms with van der Waals surface area (Å²) in [5.41, 5.74) is 2.69. The van der Waals surface area contributed by atoms with Crippen molar-refractivity contribution in [3.63, 3.8) is 0 Å². The van der Waals surface area contributed by atoms with Crippen molar-refractivity contribution in [1.82, 2.24) is 0 Å². The second kappa shape index (κ2) is 6.69. The predicted octanol–water partition coefficient (Wildman–Crippen LogP) is 4.56. The van der Waals surface area contributed by atoms with E-state index >= 15 is 0 Å². The Morgan fingerprint density at radius 3 is 2.61 bits per heavy atom. The SMILES string of the molecule is CC(C)C1=CC2=CC[C@@H]3[C@](C)(CCC[C@@]3(C)C(=O)O)[C@H]2CC1.[NaH]. The third kappa shape index (κ3) is 3.00. The summed E-state index contributed by atoms with van der Waals surface area (Å²) in [6.45, 7) is 8.93. The summed E-state index contributed by atoms with van der Waals surface area (Å²) in [4.78, 5) is 11.9. The van der Waals surface area contributed by atoms with Crippen molar-refractivity contribution in [1.29, 1.82) is 0 Å². The molecule has 2 nitrogen and oxygen atoms in total. The van der Waals surface area contributed by atoms with Crippen LogP contribution in [0.15, 0.2) is 23.3 Å². The number of carboxylic acids is 1. The summed E-state index contributed by atoms with van der Waals surface area (Å²) in [6, 6.07) is 0. The summed E-state index contributed by atoms with van der Waals surface area (Å²) in [7, 11) is 0. The first-order chi connectivity index (χ1) is 10.3. The number of fused-ring (bicyclic) bond motifs is 3. The van der Waals surface area contributed by atoms with Crippen LogP contribution >= 0.6 is 0 Å². The number of allylic oxidation sites excluding steroid dienone is 4. The average molecular weight is 326 g/mol. The Balaban J connectivity index is 0.00000192. The van der Waals surface area contributed by atoms with Crippen molar-refractivity contribution in [2.75, 3.05) is 0 Å². The van der Waals surface area contributed by atoms with Gasteiger partial charge in [0.2, 0.25) is 0 Å². The van der Waals surface area contributed by atoms with Crippen LogP contribution in [0, 0.1) is 28.6 Å². The Bertz CT molecular complexity index is 548. The molecule has 3 heteroatoms. The maximum absolute atomic E-state index is 11.9. The van der Waals surface area contributed by atoms with Crippen molar-refractivity contribution < 1.29 is 9.90 Å². The first-order valence-electron chi connectivity index (χ1n) is 8.93. The first-order valence-corrected chi connectivity index (χ1v) is 8.93. The third-order valence-electron chi connectivity index (χ3n) is 7.07. The molecular weight excluding hydrogens is 295 g/mol. The van der Waals surface area contributed by atoms with E-state index in [0.717, 1.165) is 19.3 Å². The molecule has 1 N–H and O–H groups in total. The molecule has 1 fully saturated rings. The zero-order chi connectivity index (χ0) is 16.1. The number of carbonyl (C=O) groups is 1. The molecule has 0 aromatic heterocycles. The summed E-state index contributed by atoms with van der Waals surface area (Å²) in [5.74, 6) is 0.888. The quantitative estimate of drug-likeness (QED) is 0.755. The minimum atomic E-state index is -0.588. The summed E-state index contributed by atoms with van der Waals surface area (Å²) < 4.78 is 0. The van der Waals surface area contributed by atoms with Crippen LogP contribution in [0.5, 0.6) is 0 Å². The summed E-state index contributed by atoms with van der Waals surface area (Å²) in [5, 5.41) is 9.83. The van der Waals surface area contributed by atoms with Gasteiger partial charge in [0, 0.05) is 0 Å². The van der Waals surface area contributed by atoms with Crippen LogP contribution in [0.4, 0.5) is 0 Å². The zero-order valence-electron chi connectivity index (χ0n) is 14.5. The Morgan fingerprint density at radius 1 is 1.30 bits per heavy atom. The molecule has 23 heavy (non-hydrogen) atoms. The fraction of sp³-hybridized carbons (Fsp3) is 0.750. The van der Waals surface area contributed by atoms with Crippen LogP contribution in [0.25, 0.3) is 0 Å². The Hall–Kier alpha value is -0.0500. The van der Waals surface area contributed by atoms with Gasteiger partial charge in [0.1, 0.15) is 0 Å². The van der Waals surface area contributed by atoms with E-state index in [-0.39, 0.29) is 40.9 Å². The molecule has 0 aliphatic heterocycles. The van der Waals surface area contributed by atoms with E-state index in [1.54, 1.807) is 5.57 Å². The molecule has 0 aromatic rings. The summed E-state index contributed by atoms with van der Waals surface area (Å²) >= 11 is 0. The topological polar surface area (TPSA) is 37.3 Å². The van der Waals surface area contributed by atoms with Crippen LogP contribution < -0.4 is 0 Å². The molecule has 0 bridgehead atoms. The fourth-order valence-corrected chi connectivity index (χ4v) is 5.60. The number of carboxylic acid groups (broad SMARTS) is 1. The molecule has 1 saturated carbocycles. The van der Waals surface area contributed by atoms with Gasteiger partial charge in [-0.15, -0.1) is 0 Å². The molecule has 3 aliphatic carbocycles. The molecule has 4 atom stereocenters. The van der Waals surface area contributed by atoms with Gasteiger partial charge in [-0.3, -0.25) is 4.79 Å². The normalized spacial score (nSPS) is 39.5. The van der Waals surface area contributed by atoms with Gasteiger partial charge in [-0.2, -0.15) is 0 Å². The van der Waals surface area contributed by atoms with Gasteiger partial charge in [-0.05, 0) is 67.8 Å². The molecule has 0 amide bonds. The van der Waals surface area contributed by atoms with Crippen LogP contribution in [0.3, 0.4) is 0 Å². The maximum atomic E-state index is 11.9. The molecule has 0 radical (unpaired) electrons. The molecule has 3 aliphatic rings. The average Bonchev–Trinajstić information content (AvgIpc) is 2.46. The molecule has 3 rings (SSSR count). The molecule has 124 valence electrons. The van der Waals surface area contributed by atoms with Gasteiger partial charge in [-0.1, -0.05) is 44.9 Å². The molecule has 0 spiro atoms. The Kier molecular flexibility index (Phi) is 5.61. The fourth-order valence-electron chi connectivity index (χ4n) is 5.60. The minimum absolute atomic E-state index is 0. The number of hydrogen-bond acceptors (Lipinski definition) is 1. The second-order valence-electron chi connectivity index (χ2n) is 8.54. The zero-order valence-corrected chi connectivity index (χ0v) is 14.5. The first kappa shape index (κ1) is 19.3. The van der Waals surface area contributed by atoms with E-state index < -0.39 is 11.4 Å². The van der Waals surface area contributed by atoms with Crippen LogP contribution in [0.1, 0.15) is 66.2 Å². The van der Waals surface area contributed by atoms with Gasteiger partial charge < -0.3 is 5.11 Å². The Labute approximate surface area is 163 Å². The number of hydrogen-bond donors (Lipinski definition) is 1. The number of aliphatic carboxylic acids is 1. The van der Waals surface area contributed by atoms with Crippen molar-refractivity contribution in [3.05, 3.63) is 23.3 Å². The van der Waals surface area contributed by atoms with Crippen molar-refractivity contribution in [2.24, 2.45) is 28.6 Å².